The molecule has 0 saturated carbocycles. The zero-order valence-corrected chi connectivity index (χ0v) is 8.24. The van der Waals surface area contributed by atoms with Crippen LogP contribution in [0.25, 0.3) is 0 Å². The summed E-state index contributed by atoms with van der Waals surface area (Å²) in [7, 11) is 0. The van der Waals surface area contributed by atoms with Crippen LogP contribution in [-0.4, -0.2) is 18.3 Å². The minimum atomic E-state index is 0.521. The summed E-state index contributed by atoms with van der Waals surface area (Å²) in [5, 5.41) is 8.72. The van der Waals surface area contributed by atoms with E-state index in [4.69, 9.17) is 5.21 Å². The lowest BCUT2D eigenvalue weighted by Crippen LogP contribution is -2.20. The highest BCUT2D eigenvalue weighted by molar-refractivity contribution is 5.54. The number of hydrogen-bond acceptors (Lipinski definition) is 3. The van der Waals surface area contributed by atoms with Gasteiger partial charge in [0.25, 0.3) is 0 Å². The quantitative estimate of drug-likeness (QED) is 0.716. The summed E-state index contributed by atoms with van der Waals surface area (Å²) < 4.78 is 0. The van der Waals surface area contributed by atoms with Gasteiger partial charge in [0.05, 0.1) is 0 Å². The van der Waals surface area contributed by atoms with Crippen molar-refractivity contribution >= 4 is 5.69 Å². The second-order valence-electron chi connectivity index (χ2n) is 3.66. The van der Waals surface area contributed by atoms with Crippen LogP contribution in [0.5, 0.6) is 0 Å². The van der Waals surface area contributed by atoms with E-state index in [1.165, 1.54) is 18.5 Å². The lowest BCUT2D eigenvalue weighted by Gasteiger charge is -2.20. The van der Waals surface area contributed by atoms with Crippen molar-refractivity contribution in [3.05, 3.63) is 29.8 Å². The summed E-state index contributed by atoms with van der Waals surface area (Å²) in [4.78, 5) is 2.38. The van der Waals surface area contributed by atoms with Gasteiger partial charge >= 0.3 is 0 Å². The van der Waals surface area contributed by atoms with E-state index in [1.807, 2.05) is 6.07 Å². The Labute approximate surface area is 84.3 Å². The van der Waals surface area contributed by atoms with Crippen molar-refractivity contribution in [2.75, 3.05) is 18.0 Å². The number of hydrogen-bond donors (Lipinski definition) is 2. The number of nitrogens with one attached hydrogen (secondary N) is 1. The van der Waals surface area contributed by atoms with Gasteiger partial charge in [-0.05, 0) is 24.5 Å². The molecule has 1 aliphatic rings. The van der Waals surface area contributed by atoms with Crippen LogP contribution in [0.15, 0.2) is 24.3 Å². The lowest BCUT2D eigenvalue weighted by atomic mass is 10.1. The molecular formula is C11H16N2O. The zero-order valence-electron chi connectivity index (χ0n) is 8.24. The maximum absolute atomic E-state index is 8.72. The Hall–Kier alpha value is -1.06. The van der Waals surface area contributed by atoms with Crippen LogP contribution in [-0.2, 0) is 6.54 Å². The molecule has 0 unspecified atom stereocenters. The van der Waals surface area contributed by atoms with Gasteiger partial charge in [-0.2, -0.15) is 0 Å². The predicted octanol–water partition coefficient (Wildman–Crippen LogP) is 1.77. The molecule has 0 radical (unpaired) electrons. The number of anilines is 1. The molecule has 0 bridgehead atoms. The maximum atomic E-state index is 8.72. The average Bonchev–Trinajstić information content (AvgIpc) is 2.72. The summed E-state index contributed by atoms with van der Waals surface area (Å²) in [6.45, 7) is 2.80. The molecule has 3 nitrogen and oxygen atoms in total. The molecule has 1 fully saturated rings. The van der Waals surface area contributed by atoms with Crippen LogP contribution in [0.1, 0.15) is 18.4 Å². The Bertz CT molecular complexity index is 295. The standard InChI is InChI=1S/C11H16N2O/c14-12-9-10-5-1-2-6-11(10)13-7-3-4-8-13/h1-2,5-6,12,14H,3-4,7-9H2. The molecule has 2 N–H and O–H groups in total. The highest BCUT2D eigenvalue weighted by Gasteiger charge is 2.14. The number of para-hydroxylation sites is 1. The van der Waals surface area contributed by atoms with Crippen molar-refractivity contribution in [2.24, 2.45) is 0 Å². The first kappa shape index (κ1) is 9.49. The third kappa shape index (κ3) is 1.89. The normalized spacial score (nSPS) is 16.2. The molecule has 2 rings (SSSR count). The van der Waals surface area contributed by atoms with Crippen molar-refractivity contribution in [3.8, 4) is 0 Å². The van der Waals surface area contributed by atoms with Gasteiger partial charge in [-0.3, -0.25) is 0 Å². The molecule has 0 aromatic heterocycles. The zero-order chi connectivity index (χ0) is 9.80. The average molecular weight is 192 g/mol. The van der Waals surface area contributed by atoms with Crippen molar-refractivity contribution < 1.29 is 5.21 Å². The van der Waals surface area contributed by atoms with E-state index in [-0.39, 0.29) is 0 Å². The Morgan fingerprint density at radius 3 is 2.64 bits per heavy atom. The smallest absolute Gasteiger partial charge is 0.0478 e. The SMILES string of the molecule is ONCc1ccccc1N1CCCC1. The first-order valence-corrected chi connectivity index (χ1v) is 5.11. The minimum Gasteiger partial charge on any atom is -0.371 e. The summed E-state index contributed by atoms with van der Waals surface area (Å²) in [6.07, 6.45) is 2.56. The van der Waals surface area contributed by atoms with Gasteiger partial charge in [-0.1, -0.05) is 18.2 Å². The van der Waals surface area contributed by atoms with Gasteiger partial charge in [-0.15, -0.1) is 0 Å². The van der Waals surface area contributed by atoms with Gasteiger partial charge in [-0.25, -0.2) is 5.48 Å². The van der Waals surface area contributed by atoms with Crippen LogP contribution in [0.4, 0.5) is 5.69 Å². The number of rotatable bonds is 3. The highest BCUT2D eigenvalue weighted by atomic mass is 16.5. The molecule has 1 heterocycles. The van der Waals surface area contributed by atoms with Crippen LogP contribution in [0.2, 0.25) is 0 Å². The van der Waals surface area contributed by atoms with E-state index in [2.05, 4.69) is 28.6 Å². The Kier molecular flexibility index (Phi) is 3.01. The van der Waals surface area contributed by atoms with Gasteiger partial charge in [0.2, 0.25) is 0 Å². The second-order valence-corrected chi connectivity index (χ2v) is 3.66. The van der Waals surface area contributed by atoms with E-state index in [9.17, 15) is 0 Å². The summed E-state index contributed by atoms with van der Waals surface area (Å²) >= 11 is 0. The fraction of sp³-hybridized carbons (Fsp3) is 0.455. The molecule has 3 heteroatoms. The van der Waals surface area contributed by atoms with Crippen LogP contribution >= 0.6 is 0 Å². The molecule has 1 aromatic rings. The van der Waals surface area contributed by atoms with Gasteiger partial charge in [0, 0.05) is 25.3 Å². The number of nitrogens with zero attached hydrogens (tertiary/aromatic N) is 1. The third-order valence-corrected chi connectivity index (χ3v) is 2.71. The molecule has 0 spiro atoms. The predicted molar refractivity (Wildman–Crippen MR) is 56.5 cm³/mol. The van der Waals surface area contributed by atoms with Gasteiger partial charge < -0.3 is 10.1 Å². The Balaban J connectivity index is 2.21. The van der Waals surface area contributed by atoms with E-state index >= 15 is 0 Å². The molecule has 1 aliphatic heterocycles. The van der Waals surface area contributed by atoms with E-state index < -0.39 is 0 Å². The largest absolute Gasteiger partial charge is 0.371 e. The summed E-state index contributed by atoms with van der Waals surface area (Å²) in [5.41, 5.74) is 4.64. The molecule has 0 atom stereocenters. The number of hydroxylamine groups is 1. The van der Waals surface area contributed by atoms with E-state index in [0.29, 0.717) is 6.54 Å². The lowest BCUT2D eigenvalue weighted by molar-refractivity contribution is 0.161. The van der Waals surface area contributed by atoms with Crippen LogP contribution in [0.3, 0.4) is 0 Å². The molecule has 0 aliphatic carbocycles. The molecule has 1 saturated heterocycles. The monoisotopic (exact) mass is 192 g/mol. The van der Waals surface area contributed by atoms with E-state index in [1.54, 1.807) is 0 Å². The number of benzene rings is 1. The highest BCUT2D eigenvalue weighted by Crippen LogP contribution is 2.24. The summed E-state index contributed by atoms with van der Waals surface area (Å²) in [6, 6.07) is 8.23. The molecule has 1 aromatic carbocycles. The first-order valence-electron chi connectivity index (χ1n) is 5.11. The Morgan fingerprint density at radius 2 is 1.93 bits per heavy atom. The van der Waals surface area contributed by atoms with E-state index in [0.717, 1.165) is 18.7 Å². The van der Waals surface area contributed by atoms with Crippen molar-refractivity contribution in [1.82, 2.24) is 5.48 Å². The fourth-order valence-corrected chi connectivity index (χ4v) is 2.01. The molecule has 76 valence electrons. The van der Waals surface area contributed by atoms with Crippen molar-refractivity contribution in [2.45, 2.75) is 19.4 Å². The molecular weight excluding hydrogens is 176 g/mol. The van der Waals surface area contributed by atoms with Crippen LogP contribution in [0, 0.1) is 0 Å². The fourth-order valence-electron chi connectivity index (χ4n) is 2.01. The topological polar surface area (TPSA) is 35.5 Å². The van der Waals surface area contributed by atoms with Crippen molar-refractivity contribution in [1.29, 1.82) is 0 Å². The minimum absolute atomic E-state index is 0.521. The van der Waals surface area contributed by atoms with Gasteiger partial charge in [0.15, 0.2) is 0 Å². The molecule has 14 heavy (non-hydrogen) atoms. The van der Waals surface area contributed by atoms with Gasteiger partial charge in [0.1, 0.15) is 0 Å². The summed E-state index contributed by atoms with van der Waals surface area (Å²) in [5.74, 6) is 0. The maximum Gasteiger partial charge on any atom is 0.0478 e. The Morgan fingerprint density at radius 1 is 1.21 bits per heavy atom. The molecule has 0 amide bonds. The second kappa shape index (κ2) is 4.44. The third-order valence-electron chi connectivity index (χ3n) is 2.71. The van der Waals surface area contributed by atoms with Crippen molar-refractivity contribution in [3.63, 3.8) is 0 Å². The first-order chi connectivity index (χ1) is 6.92. The van der Waals surface area contributed by atoms with Crippen LogP contribution < -0.4 is 10.4 Å².